The Morgan fingerprint density at radius 1 is 0.950 bits per heavy atom. The van der Waals surface area contributed by atoms with E-state index in [2.05, 4.69) is 77.8 Å². The van der Waals surface area contributed by atoms with Gasteiger partial charge in [0.1, 0.15) is 0 Å². The molecule has 2 aromatic rings. The van der Waals surface area contributed by atoms with Crippen molar-refractivity contribution in [3.05, 3.63) is 71.8 Å². The van der Waals surface area contributed by atoms with Gasteiger partial charge in [-0.3, -0.25) is 4.90 Å². The van der Waals surface area contributed by atoms with Crippen LogP contribution in [0.1, 0.15) is 24.1 Å². The molecule has 1 aliphatic rings. The summed E-state index contributed by atoms with van der Waals surface area (Å²) in [7, 11) is 0. The summed E-state index contributed by atoms with van der Waals surface area (Å²) >= 11 is 0. The second kappa shape index (κ2) is 6.21. The Labute approximate surface area is 121 Å². The summed E-state index contributed by atoms with van der Waals surface area (Å²) in [4.78, 5) is 2.55. The van der Waals surface area contributed by atoms with E-state index in [-0.39, 0.29) is 0 Å². The van der Waals surface area contributed by atoms with Crippen molar-refractivity contribution in [3.63, 3.8) is 0 Å². The number of hydrogen-bond acceptors (Lipinski definition) is 2. The third-order valence-corrected chi connectivity index (χ3v) is 3.91. The Kier molecular flexibility index (Phi) is 4.14. The molecule has 3 rings (SSSR count). The predicted octanol–water partition coefficient (Wildman–Crippen LogP) is 3.22. The number of nitrogens with zero attached hydrogens (tertiary/aromatic N) is 1. The lowest BCUT2D eigenvalue weighted by Gasteiger charge is -2.38. The molecule has 2 aromatic carbocycles. The van der Waals surface area contributed by atoms with Crippen LogP contribution in [-0.2, 0) is 6.54 Å². The summed E-state index contributed by atoms with van der Waals surface area (Å²) in [5.74, 6) is 0. The summed E-state index contributed by atoms with van der Waals surface area (Å²) in [6.45, 7) is 5.49. The number of rotatable bonds is 3. The van der Waals surface area contributed by atoms with Gasteiger partial charge in [0.15, 0.2) is 0 Å². The van der Waals surface area contributed by atoms with Crippen molar-refractivity contribution in [1.82, 2.24) is 10.2 Å². The Hall–Kier alpha value is -1.64. The summed E-state index contributed by atoms with van der Waals surface area (Å²) in [5, 5.41) is 3.71. The minimum absolute atomic E-state index is 0.434. The first-order valence-electron chi connectivity index (χ1n) is 7.38. The zero-order valence-electron chi connectivity index (χ0n) is 12.0. The maximum Gasteiger partial charge on any atom is 0.0451 e. The number of benzene rings is 2. The van der Waals surface area contributed by atoms with Crippen LogP contribution >= 0.6 is 0 Å². The number of hydrogen-bond donors (Lipinski definition) is 1. The van der Waals surface area contributed by atoms with Crippen LogP contribution in [0.2, 0.25) is 0 Å². The average molecular weight is 266 g/mol. The van der Waals surface area contributed by atoms with Crippen molar-refractivity contribution < 1.29 is 0 Å². The molecule has 1 heterocycles. The smallest absolute Gasteiger partial charge is 0.0451 e. The summed E-state index contributed by atoms with van der Waals surface area (Å²) in [6.07, 6.45) is 0. The lowest BCUT2D eigenvalue weighted by molar-refractivity contribution is 0.160. The van der Waals surface area contributed by atoms with Gasteiger partial charge in [-0.05, 0) is 18.1 Å². The topological polar surface area (TPSA) is 15.3 Å². The second-order valence-electron chi connectivity index (χ2n) is 5.71. The molecule has 0 amide bonds. The Bertz CT molecular complexity index is 524. The zero-order chi connectivity index (χ0) is 13.8. The van der Waals surface area contributed by atoms with Crippen molar-refractivity contribution in [2.45, 2.75) is 25.6 Å². The zero-order valence-corrected chi connectivity index (χ0v) is 12.0. The molecule has 104 valence electrons. The second-order valence-corrected chi connectivity index (χ2v) is 5.71. The molecule has 0 saturated carbocycles. The highest BCUT2D eigenvalue weighted by Crippen LogP contribution is 2.20. The van der Waals surface area contributed by atoms with Gasteiger partial charge >= 0.3 is 0 Å². The van der Waals surface area contributed by atoms with Gasteiger partial charge in [0, 0.05) is 31.7 Å². The van der Waals surface area contributed by atoms with Crippen LogP contribution in [0.25, 0.3) is 0 Å². The molecule has 2 heteroatoms. The molecule has 0 bridgehead atoms. The molecule has 0 aromatic heterocycles. The molecule has 0 radical (unpaired) electrons. The highest BCUT2D eigenvalue weighted by atomic mass is 15.2. The van der Waals surface area contributed by atoms with Gasteiger partial charge < -0.3 is 5.32 Å². The van der Waals surface area contributed by atoms with Crippen LogP contribution in [0, 0.1) is 0 Å². The largest absolute Gasteiger partial charge is 0.305 e. The minimum Gasteiger partial charge on any atom is -0.305 e. The van der Waals surface area contributed by atoms with E-state index in [1.165, 1.54) is 11.1 Å². The Balaban J connectivity index is 1.70. The fourth-order valence-corrected chi connectivity index (χ4v) is 3.03. The van der Waals surface area contributed by atoms with Crippen molar-refractivity contribution in [1.29, 1.82) is 0 Å². The molecule has 20 heavy (non-hydrogen) atoms. The van der Waals surface area contributed by atoms with Crippen LogP contribution in [0.4, 0.5) is 0 Å². The summed E-state index contributed by atoms with van der Waals surface area (Å²) in [6, 6.07) is 22.5. The third kappa shape index (κ3) is 3.27. The molecule has 2 atom stereocenters. The Morgan fingerprint density at radius 2 is 1.60 bits per heavy atom. The molecule has 0 aliphatic carbocycles. The average Bonchev–Trinajstić information content (AvgIpc) is 2.49. The fraction of sp³-hybridized carbons (Fsp3) is 0.333. The SMILES string of the molecule is CC1CN(Cc2ccccc2)CC(c2ccccc2)N1. The van der Waals surface area contributed by atoms with Gasteiger partial charge in [-0.25, -0.2) is 0 Å². The first kappa shape index (κ1) is 13.3. The van der Waals surface area contributed by atoms with E-state index >= 15 is 0 Å². The molecule has 2 unspecified atom stereocenters. The van der Waals surface area contributed by atoms with E-state index in [0.717, 1.165) is 19.6 Å². The highest BCUT2D eigenvalue weighted by molar-refractivity contribution is 5.21. The fourth-order valence-electron chi connectivity index (χ4n) is 3.03. The van der Waals surface area contributed by atoms with Gasteiger partial charge in [-0.15, -0.1) is 0 Å². The van der Waals surface area contributed by atoms with E-state index in [1.54, 1.807) is 0 Å². The van der Waals surface area contributed by atoms with Gasteiger partial charge in [0.2, 0.25) is 0 Å². The monoisotopic (exact) mass is 266 g/mol. The van der Waals surface area contributed by atoms with E-state index in [9.17, 15) is 0 Å². The van der Waals surface area contributed by atoms with Crippen LogP contribution < -0.4 is 5.32 Å². The third-order valence-electron chi connectivity index (χ3n) is 3.91. The van der Waals surface area contributed by atoms with Gasteiger partial charge in [0.05, 0.1) is 0 Å². The standard InChI is InChI=1S/C18H22N2/c1-15-12-20(13-16-8-4-2-5-9-16)14-18(19-15)17-10-6-3-7-11-17/h2-11,15,18-19H,12-14H2,1H3. The van der Waals surface area contributed by atoms with Crippen molar-refractivity contribution in [2.75, 3.05) is 13.1 Å². The van der Waals surface area contributed by atoms with Crippen LogP contribution in [0.3, 0.4) is 0 Å². The lowest BCUT2D eigenvalue weighted by Crippen LogP contribution is -2.50. The van der Waals surface area contributed by atoms with Gasteiger partial charge in [-0.1, -0.05) is 60.7 Å². The van der Waals surface area contributed by atoms with Gasteiger partial charge in [-0.2, -0.15) is 0 Å². The van der Waals surface area contributed by atoms with Gasteiger partial charge in [0.25, 0.3) is 0 Å². The first-order chi connectivity index (χ1) is 9.81. The molecular formula is C18H22N2. The predicted molar refractivity (Wildman–Crippen MR) is 83.5 cm³/mol. The molecule has 1 fully saturated rings. The quantitative estimate of drug-likeness (QED) is 0.917. The number of piperazine rings is 1. The summed E-state index contributed by atoms with van der Waals surface area (Å²) < 4.78 is 0. The molecule has 1 saturated heterocycles. The van der Waals surface area contributed by atoms with Crippen LogP contribution in [0.15, 0.2) is 60.7 Å². The van der Waals surface area contributed by atoms with Crippen molar-refractivity contribution >= 4 is 0 Å². The van der Waals surface area contributed by atoms with Crippen molar-refractivity contribution in [2.24, 2.45) is 0 Å². The van der Waals surface area contributed by atoms with E-state index in [1.807, 2.05) is 0 Å². The van der Waals surface area contributed by atoms with Crippen molar-refractivity contribution in [3.8, 4) is 0 Å². The first-order valence-corrected chi connectivity index (χ1v) is 7.38. The molecular weight excluding hydrogens is 244 g/mol. The van der Waals surface area contributed by atoms with E-state index in [0.29, 0.717) is 12.1 Å². The van der Waals surface area contributed by atoms with Crippen LogP contribution in [0.5, 0.6) is 0 Å². The maximum atomic E-state index is 3.71. The Morgan fingerprint density at radius 3 is 2.30 bits per heavy atom. The van der Waals surface area contributed by atoms with E-state index in [4.69, 9.17) is 0 Å². The highest BCUT2D eigenvalue weighted by Gasteiger charge is 2.24. The maximum absolute atomic E-state index is 3.71. The number of nitrogens with one attached hydrogen (secondary N) is 1. The molecule has 0 spiro atoms. The molecule has 2 nitrogen and oxygen atoms in total. The summed E-state index contributed by atoms with van der Waals surface area (Å²) in [5.41, 5.74) is 2.78. The lowest BCUT2D eigenvalue weighted by atomic mass is 10.0. The molecule has 1 aliphatic heterocycles. The van der Waals surface area contributed by atoms with Crippen LogP contribution in [-0.4, -0.2) is 24.0 Å². The van der Waals surface area contributed by atoms with E-state index < -0.39 is 0 Å². The normalized spacial score (nSPS) is 23.6. The minimum atomic E-state index is 0.434. The molecule has 1 N–H and O–H groups in total.